The fourth-order valence-electron chi connectivity index (χ4n) is 1.62. The third-order valence-electron chi connectivity index (χ3n) is 2.73. The lowest BCUT2D eigenvalue weighted by atomic mass is 10.3. The topological polar surface area (TPSA) is 64.0 Å². The van der Waals surface area contributed by atoms with Gasteiger partial charge in [-0.2, -0.15) is 17.7 Å². The Kier molecular flexibility index (Phi) is 22.8. The van der Waals surface area contributed by atoms with Crippen molar-refractivity contribution in [2.45, 2.75) is 34.6 Å². The van der Waals surface area contributed by atoms with Crippen molar-refractivity contribution in [2.75, 3.05) is 6.26 Å². The lowest BCUT2D eigenvalue weighted by molar-refractivity contribution is 0.0959. The van der Waals surface area contributed by atoms with E-state index in [-0.39, 0.29) is 5.69 Å². The van der Waals surface area contributed by atoms with Gasteiger partial charge in [-0.3, -0.25) is 9.59 Å². The highest BCUT2D eigenvalue weighted by atomic mass is 32.1. The molecule has 0 radical (unpaired) electrons. The Hall–Kier alpha value is -2.86. The average molecular weight is 418 g/mol. The van der Waals surface area contributed by atoms with Crippen LogP contribution in [0.3, 0.4) is 0 Å². The molecular weight excluding hydrogens is 382 g/mol. The Morgan fingerprint density at radius 3 is 2.14 bits per heavy atom. The zero-order chi connectivity index (χ0) is 23.2. The van der Waals surface area contributed by atoms with Crippen molar-refractivity contribution < 1.29 is 4.79 Å². The molecule has 1 aromatic rings. The van der Waals surface area contributed by atoms with Gasteiger partial charge in [-0.05, 0) is 37.5 Å². The van der Waals surface area contributed by atoms with Gasteiger partial charge < -0.3 is 5.32 Å². The molecule has 0 aliphatic carbocycles. The van der Waals surface area contributed by atoms with Crippen LogP contribution in [0.4, 0.5) is 0 Å². The molecule has 0 saturated heterocycles. The predicted octanol–water partition coefficient (Wildman–Crippen LogP) is 5.43. The molecule has 1 aromatic heterocycles. The molecule has 0 bridgehead atoms. The molecule has 5 nitrogen and oxygen atoms in total. The van der Waals surface area contributed by atoms with Gasteiger partial charge in [0.2, 0.25) is 5.43 Å². The summed E-state index contributed by atoms with van der Waals surface area (Å²) in [6.45, 7) is 20.7. The maximum Gasteiger partial charge on any atom is 0.280 e. The van der Waals surface area contributed by atoms with Gasteiger partial charge in [0.05, 0.1) is 5.70 Å². The number of hydrogen-bond donors (Lipinski definition) is 2. The third-order valence-corrected chi connectivity index (χ3v) is 2.73. The molecule has 1 amide bonds. The predicted molar refractivity (Wildman–Crippen MR) is 131 cm³/mol. The van der Waals surface area contributed by atoms with Crippen molar-refractivity contribution in [1.29, 1.82) is 0 Å². The number of aromatic nitrogens is 2. The fourth-order valence-corrected chi connectivity index (χ4v) is 1.62. The molecule has 6 heteroatoms. The highest BCUT2D eigenvalue weighted by Crippen LogP contribution is 2.04. The molecule has 0 unspecified atom stereocenters. The summed E-state index contributed by atoms with van der Waals surface area (Å²) in [7, 11) is 0. The molecule has 0 aromatic carbocycles. The van der Waals surface area contributed by atoms with Crippen LogP contribution >= 0.6 is 12.6 Å². The zero-order valence-corrected chi connectivity index (χ0v) is 19.4. The van der Waals surface area contributed by atoms with Gasteiger partial charge in [0.25, 0.3) is 5.91 Å². The van der Waals surface area contributed by atoms with Crippen molar-refractivity contribution in [1.82, 2.24) is 15.1 Å². The number of nitrogens with one attached hydrogen (secondary N) is 1. The van der Waals surface area contributed by atoms with Crippen LogP contribution in [0.1, 0.15) is 45.1 Å². The number of hydrogen-bond acceptors (Lipinski definition) is 4. The number of nitrogens with zero attached hydrogens (tertiary/aromatic N) is 2. The molecule has 0 atom stereocenters. The summed E-state index contributed by atoms with van der Waals surface area (Å²) in [5.41, 5.74) is 0.352. The van der Waals surface area contributed by atoms with Crippen molar-refractivity contribution in [2.24, 2.45) is 0 Å². The SMILES string of the molecule is C=C/C=C(\C=C)NC(=O)c1nn(/C(C=C)=C/C=C\C)ccc1=O.CC.CC.CS. The molecule has 0 aliphatic rings. The molecule has 0 aliphatic heterocycles. The highest BCUT2D eigenvalue weighted by molar-refractivity contribution is 7.79. The van der Waals surface area contributed by atoms with E-state index in [0.29, 0.717) is 11.4 Å². The molecule has 0 spiro atoms. The van der Waals surface area contributed by atoms with Gasteiger partial charge in [0.15, 0.2) is 5.69 Å². The van der Waals surface area contributed by atoms with Crippen LogP contribution < -0.4 is 10.7 Å². The van der Waals surface area contributed by atoms with Crippen LogP contribution in [0, 0.1) is 0 Å². The first-order valence-corrected chi connectivity index (χ1v) is 10.2. The Morgan fingerprint density at radius 2 is 1.69 bits per heavy atom. The average Bonchev–Trinajstić information content (AvgIpc) is 2.78. The number of thiol groups is 1. The highest BCUT2D eigenvalue weighted by Gasteiger charge is 2.13. The van der Waals surface area contributed by atoms with Crippen LogP contribution in [0.5, 0.6) is 0 Å². The van der Waals surface area contributed by atoms with Gasteiger partial charge in [0, 0.05) is 18.0 Å². The third kappa shape index (κ3) is 12.3. The van der Waals surface area contributed by atoms with E-state index in [4.69, 9.17) is 0 Å². The van der Waals surface area contributed by atoms with Gasteiger partial charge in [-0.25, -0.2) is 4.68 Å². The second kappa shape index (κ2) is 21.4. The number of allylic oxidation sites excluding steroid dienone is 8. The van der Waals surface area contributed by atoms with Crippen molar-refractivity contribution in [3.05, 3.63) is 96.1 Å². The van der Waals surface area contributed by atoms with Crippen molar-refractivity contribution in [3.63, 3.8) is 0 Å². The van der Waals surface area contributed by atoms with Crippen LogP contribution in [-0.4, -0.2) is 21.9 Å². The molecule has 29 heavy (non-hydrogen) atoms. The summed E-state index contributed by atoms with van der Waals surface area (Å²) >= 11 is 3.53. The summed E-state index contributed by atoms with van der Waals surface area (Å²) in [5, 5.41) is 6.62. The van der Waals surface area contributed by atoms with E-state index in [1.54, 1.807) is 30.6 Å². The maximum absolute atomic E-state index is 12.2. The number of rotatable bonds is 7. The Morgan fingerprint density at radius 1 is 1.10 bits per heavy atom. The normalized spacial score (nSPS) is 10.2. The van der Waals surface area contributed by atoms with Crippen molar-refractivity contribution in [3.8, 4) is 0 Å². The minimum atomic E-state index is -0.619. The largest absolute Gasteiger partial charge is 0.320 e. The Labute approximate surface area is 181 Å². The number of amides is 1. The summed E-state index contributed by atoms with van der Waals surface area (Å²) in [4.78, 5) is 24.1. The monoisotopic (exact) mass is 417 g/mol. The van der Waals surface area contributed by atoms with E-state index in [2.05, 4.69) is 42.8 Å². The second-order valence-corrected chi connectivity index (χ2v) is 4.31. The number of carbonyl (C=O) groups is 1. The molecular formula is C23H35N3O2S. The molecule has 1 rings (SSSR count). The molecule has 0 fully saturated rings. The van der Waals surface area contributed by atoms with Gasteiger partial charge in [0.1, 0.15) is 0 Å². The van der Waals surface area contributed by atoms with Crippen LogP contribution in [0.2, 0.25) is 0 Å². The van der Waals surface area contributed by atoms with E-state index in [0.717, 1.165) is 0 Å². The van der Waals surface area contributed by atoms with E-state index in [1.807, 2.05) is 40.7 Å². The first kappa shape index (κ1) is 30.9. The molecule has 0 saturated carbocycles. The first-order valence-electron chi connectivity index (χ1n) is 9.34. The van der Waals surface area contributed by atoms with Gasteiger partial charge >= 0.3 is 0 Å². The van der Waals surface area contributed by atoms with E-state index in [9.17, 15) is 9.59 Å². The smallest absolute Gasteiger partial charge is 0.280 e. The summed E-state index contributed by atoms with van der Waals surface area (Å²) in [5.74, 6) is -0.619. The minimum absolute atomic E-state index is 0.224. The molecule has 1 N–H and O–H groups in total. The van der Waals surface area contributed by atoms with Crippen LogP contribution in [0.25, 0.3) is 5.70 Å². The second-order valence-electron chi connectivity index (χ2n) is 4.31. The maximum atomic E-state index is 12.2. The number of carbonyl (C=O) groups excluding carboxylic acids is 1. The molecule has 160 valence electrons. The van der Waals surface area contributed by atoms with Gasteiger partial charge in [-0.1, -0.05) is 65.7 Å². The van der Waals surface area contributed by atoms with Crippen LogP contribution in [-0.2, 0) is 0 Å². The van der Waals surface area contributed by atoms with Crippen molar-refractivity contribution >= 4 is 24.2 Å². The van der Waals surface area contributed by atoms with E-state index < -0.39 is 11.3 Å². The molecule has 1 heterocycles. The van der Waals surface area contributed by atoms with Crippen LogP contribution in [0.15, 0.2) is 85.0 Å². The Bertz CT molecular complexity index is 773. The fraction of sp³-hybridized carbons (Fsp3) is 0.261. The quantitative estimate of drug-likeness (QED) is 0.459. The van der Waals surface area contributed by atoms with E-state index >= 15 is 0 Å². The first-order chi connectivity index (χ1) is 14.1. The van der Waals surface area contributed by atoms with Gasteiger partial charge in [-0.15, -0.1) is 0 Å². The minimum Gasteiger partial charge on any atom is -0.320 e. The standard InChI is InChI=1S/C18H19N3O2.2C2H6.CH4S/c1-5-9-11-15(8-4)21-13-12-16(22)17(20-21)18(23)19-14(7-3)10-6-2;3*1-2/h5-13H,2-4H2,1H3,(H,19,23);2*1-2H3;2H,1H3/b9-5-,14-10+,15-11+;;;. The summed E-state index contributed by atoms with van der Waals surface area (Å²) in [6, 6.07) is 1.28. The Balaban J connectivity index is -0.00000103. The lowest BCUT2D eigenvalue weighted by Crippen LogP contribution is -2.30. The lowest BCUT2D eigenvalue weighted by Gasteiger charge is -2.08. The zero-order valence-electron chi connectivity index (χ0n) is 18.5. The summed E-state index contributed by atoms with van der Waals surface area (Å²) in [6.07, 6.45) is 14.7. The van der Waals surface area contributed by atoms with E-state index in [1.165, 1.54) is 29.1 Å². The summed E-state index contributed by atoms with van der Waals surface area (Å²) < 4.78 is 1.41.